The Hall–Kier alpha value is -3.46. The highest BCUT2D eigenvalue weighted by molar-refractivity contribution is 6.30. The Balaban J connectivity index is 1.82. The van der Waals surface area contributed by atoms with Crippen LogP contribution in [-0.2, 0) is 30.0 Å². The molecule has 1 unspecified atom stereocenters. The predicted molar refractivity (Wildman–Crippen MR) is 117 cm³/mol. The number of nitrogens with one attached hydrogen (secondary N) is 1. The number of amides is 1. The molecule has 0 saturated heterocycles. The van der Waals surface area contributed by atoms with Crippen LogP contribution in [0.1, 0.15) is 11.1 Å². The summed E-state index contributed by atoms with van der Waals surface area (Å²) in [5, 5.41) is 15.3. The molecule has 0 bridgehead atoms. The monoisotopic (exact) mass is 572 g/mol. The highest BCUT2D eigenvalue weighted by Gasteiger charge is 2.40. The van der Waals surface area contributed by atoms with Crippen LogP contribution in [0.2, 0.25) is 5.02 Å². The van der Waals surface area contributed by atoms with Gasteiger partial charge in [-0.3, -0.25) is 9.36 Å². The summed E-state index contributed by atoms with van der Waals surface area (Å²) in [5.41, 5.74) is -3.52. The van der Waals surface area contributed by atoms with Crippen molar-refractivity contribution in [1.82, 2.24) is 19.7 Å². The summed E-state index contributed by atoms with van der Waals surface area (Å²) in [7, 11) is 0. The maximum absolute atomic E-state index is 14.5. The van der Waals surface area contributed by atoms with Gasteiger partial charge in [-0.05, 0) is 36.4 Å². The molecule has 1 amide bonds. The Morgan fingerprint density at radius 1 is 1.00 bits per heavy atom. The molecule has 16 heteroatoms. The van der Waals surface area contributed by atoms with Crippen LogP contribution in [0.5, 0.6) is 0 Å². The van der Waals surface area contributed by atoms with Crippen LogP contribution >= 0.6 is 11.6 Å². The topological polar surface area (TPSA) is 89.2 Å². The third kappa shape index (κ3) is 6.89. The van der Waals surface area contributed by atoms with E-state index in [0.29, 0.717) is 15.3 Å². The third-order valence-corrected chi connectivity index (χ3v) is 5.42. The van der Waals surface area contributed by atoms with Crippen molar-refractivity contribution in [2.75, 3.05) is 6.54 Å². The van der Waals surface area contributed by atoms with Crippen molar-refractivity contribution < 1.29 is 45.0 Å². The first-order chi connectivity index (χ1) is 17.5. The maximum Gasteiger partial charge on any atom is 0.416 e. The van der Waals surface area contributed by atoms with Crippen molar-refractivity contribution in [2.24, 2.45) is 0 Å². The van der Waals surface area contributed by atoms with Gasteiger partial charge in [0, 0.05) is 16.1 Å². The van der Waals surface area contributed by atoms with E-state index >= 15 is 0 Å². The van der Waals surface area contributed by atoms with E-state index in [-0.39, 0.29) is 22.5 Å². The van der Waals surface area contributed by atoms with Crippen molar-refractivity contribution in [2.45, 2.75) is 37.5 Å². The van der Waals surface area contributed by atoms with Gasteiger partial charge < -0.3 is 10.4 Å². The lowest BCUT2D eigenvalue weighted by molar-refractivity contribution is -0.207. The van der Waals surface area contributed by atoms with E-state index in [1.54, 1.807) is 5.32 Å². The van der Waals surface area contributed by atoms with Gasteiger partial charge in [-0.2, -0.15) is 35.1 Å². The molecule has 1 atom stereocenters. The van der Waals surface area contributed by atoms with E-state index in [0.717, 1.165) is 12.1 Å². The summed E-state index contributed by atoms with van der Waals surface area (Å²) in [6.45, 7) is -3.75. The van der Waals surface area contributed by atoms with Crippen LogP contribution in [-0.4, -0.2) is 44.2 Å². The quantitative estimate of drug-likeness (QED) is 0.396. The van der Waals surface area contributed by atoms with Crippen LogP contribution in [0.4, 0.5) is 35.1 Å². The number of alkyl halides is 8. The summed E-state index contributed by atoms with van der Waals surface area (Å²) < 4.78 is 107. The van der Waals surface area contributed by atoms with Crippen molar-refractivity contribution in [3.8, 4) is 11.4 Å². The van der Waals surface area contributed by atoms with Crippen LogP contribution in [0, 0.1) is 0 Å². The third-order valence-electron chi connectivity index (χ3n) is 5.17. The molecular formula is C22H17ClF8N4O3. The molecule has 7 nitrogen and oxygen atoms in total. The number of nitrogens with zero attached hydrogens (tertiary/aromatic N) is 3. The Bertz CT molecular complexity index is 1350. The van der Waals surface area contributed by atoms with E-state index < -0.39 is 66.7 Å². The minimum atomic E-state index is -5.09. The second-order valence-electron chi connectivity index (χ2n) is 8.00. The zero-order chi connectivity index (χ0) is 28.5. The van der Waals surface area contributed by atoms with Crippen LogP contribution in [0.15, 0.2) is 53.3 Å². The molecular weight excluding hydrogens is 556 g/mol. The first kappa shape index (κ1) is 29.1. The number of benzene rings is 2. The summed E-state index contributed by atoms with van der Waals surface area (Å²) in [6, 6.07) is 7.62. The lowest BCUT2D eigenvalue weighted by Crippen LogP contribution is -2.40. The van der Waals surface area contributed by atoms with Crippen molar-refractivity contribution in [3.63, 3.8) is 0 Å². The predicted octanol–water partition coefficient (Wildman–Crippen LogP) is 4.22. The van der Waals surface area contributed by atoms with Gasteiger partial charge in [0.25, 0.3) is 5.92 Å². The molecule has 1 heterocycles. The van der Waals surface area contributed by atoms with Gasteiger partial charge in [0.1, 0.15) is 6.54 Å². The molecule has 2 N–H and O–H groups in total. The number of carbonyl (C=O) groups excluding carboxylic acids is 1. The fourth-order valence-electron chi connectivity index (χ4n) is 3.22. The van der Waals surface area contributed by atoms with Crippen LogP contribution < -0.4 is 11.0 Å². The van der Waals surface area contributed by atoms with Crippen LogP contribution in [0.3, 0.4) is 0 Å². The average Bonchev–Trinajstić information content (AvgIpc) is 3.12. The molecule has 1 aromatic heterocycles. The highest BCUT2D eigenvalue weighted by Crippen LogP contribution is 2.34. The minimum absolute atomic E-state index is 0.0936. The molecule has 0 aliphatic carbocycles. The van der Waals surface area contributed by atoms with Crippen LogP contribution in [0.25, 0.3) is 11.4 Å². The summed E-state index contributed by atoms with van der Waals surface area (Å²) in [4.78, 5) is 25.0. The molecule has 206 valence electrons. The number of rotatable bonds is 8. The van der Waals surface area contributed by atoms with E-state index in [1.165, 1.54) is 24.3 Å². The molecule has 0 radical (unpaired) electrons. The average molecular weight is 573 g/mol. The largest absolute Gasteiger partial charge is 0.416 e. The van der Waals surface area contributed by atoms with Gasteiger partial charge in [-0.15, -0.1) is 5.10 Å². The van der Waals surface area contributed by atoms with Gasteiger partial charge in [0.15, 0.2) is 11.9 Å². The fraction of sp³-hybridized carbons (Fsp3) is 0.318. The minimum Gasteiger partial charge on any atom is -0.382 e. The van der Waals surface area contributed by atoms with Crippen molar-refractivity contribution in [3.05, 3.63) is 75.2 Å². The normalized spacial score (nSPS) is 13.4. The van der Waals surface area contributed by atoms with Gasteiger partial charge in [0.05, 0.1) is 18.7 Å². The zero-order valence-corrected chi connectivity index (χ0v) is 19.6. The molecule has 3 aromatic rings. The van der Waals surface area contributed by atoms with Gasteiger partial charge >= 0.3 is 18.0 Å². The molecule has 3 rings (SSSR count). The first-order valence-corrected chi connectivity index (χ1v) is 10.9. The maximum atomic E-state index is 14.5. The van der Waals surface area contributed by atoms with Gasteiger partial charge in [-0.1, -0.05) is 23.7 Å². The summed E-state index contributed by atoms with van der Waals surface area (Å²) >= 11 is 5.78. The fourth-order valence-corrected chi connectivity index (χ4v) is 3.35. The lowest BCUT2D eigenvalue weighted by atomic mass is 10.0. The first-order valence-electron chi connectivity index (χ1n) is 10.5. The molecule has 0 fully saturated rings. The molecule has 0 aliphatic heterocycles. The molecule has 0 aliphatic rings. The second-order valence-corrected chi connectivity index (χ2v) is 8.43. The Labute approximate surface area is 213 Å². The van der Waals surface area contributed by atoms with E-state index in [4.69, 9.17) is 11.6 Å². The van der Waals surface area contributed by atoms with E-state index in [9.17, 15) is 49.8 Å². The summed E-state index contributed by atoms with van der Waals surface area (Å²) in [5.74, 6) is -5.55. The molecule has 2 aromatic carbocycles. The smallest absolute Gasteiger partial charge is 0.382 e. The number of halogens is 9. The number of hydrogen-bond acceptors (Lipinski definition) is 4. The highest BCUT2D eigenvalue weighted by atomic mass is 35.5. The molecule has 38 heavy (non-hydrogen) atoms. The Kier molecular flexibility index (Phi) is 8.21. The van der Waals surface area contributed by atoms with Gasteiger partial charge in [0.2, 0.25) is 5.91 Å². The number of carbonyl (C=O) groups is 1. The number of hydrogen-bond donors (Lipinski definition) is 2. The number of aliphatic hydroxyl groups is 1. The SMILES string of the molecule is O=C(Cn1nc(-c2ccc(Cl)cc2)n(CC(O)C(F)(F)F)c1=O)NCC(F)(F)c1cccc(C(F)(F)F)c1. The van der Waals surface area contributed by atoms with E-state index in [2.05, 4.69) is 5.10 Å². The van der Waals surface area contributed by atoms with Crippen molar-refractivity contribution >= 4 is 17.5 Å². The molecule has 0 spiro atoms. The van der Waals surface area contributed by atoms with E-state index in [1.807, 2.05) is 0 Å². The van der Waals surface area contributed by atoms with Crippen molar-refractivity contribution in [1.29, 1.82) is 0 Å². The standard InChI is InChI=1S/C22H17ClF8N4O3/c23-15-6-4-12(5-7-15)18-33-35(19(38)34(18)9-16(36)22(29,30)31)10-17(37)32-11-20(24,25)13-2-1-3-14(8-13)21(26,27)28/h1-8,16,36H,9-11H2,(H,32,37). The Morgan fingerprint density at radius 3 is 2.18 bits per heavy atom. The lowest BCUT2D eigenvalue weighted by Gasteiger charge is -2.18. The Morgan fingerprint density at radius 2 is 1.61 bits per heavy atom. The molecule has 0 saturated carbocycles. The van der Waals surface area contributed by atoms with Gasteiger partial charge in [-0.25, -0.2) is 9.48 Å². The summed E-state index contributed by atoms with van der Waals surface area (Å²) in [6.07, 6.45) is -12.9. The second kappa shape index (κ2) is 10.7. The number of aliphatic hydroxyl groups excluding tert-OH is 1. The number of aromatic nitrogens is 3. The zero-order valence-electron chi connectivity index (χ0n) is 18.8.